The van der Waals surface area contributed by atoms with Crippen LogP contribution in [0, 0.1) is 12.8 Å². The van der Waals surface area contributed by atoms with E-state index in [9.17, 15) is 14.4 Å². The molecule has 0 unspecified atom stereocenters. The Morgan fingerprint density at radius 3 is 2.32 bits per heavy atom. The molecule has 8 heteroatoms. The lowest BCUT2D eigenvalue weighted by Gasteiger charge is -2.30. The summed E-state index contributed by atoms with van der Waals surface area (Å²) in [4.78, 5) is 45.2. The topological polar surface area (TPSA) is 112 Å². The maximum Gasteiger partial charge on any atom is 0.356 e. The molecule has 1 aliphatic heterocycles. The number of nitrogens with zero attached hydrogens (tertiary/aromatic N) is 3. The van der Waals surface area contributed by atoms with Crippen LogP contribution in [-0.4, -0.2) is 50.8 Å². The molecular formula is C20H22N4O4. The zero-order chi connectivity index (χ0) is 20.3. The summed E-state index contributed by atoms with van der Waals surface area (Å²) < 4.78 is 0. The molecule has 0 spiro atoms. The minimum Gasteiger partial charge on any atom is -0.476 e. The molecule has 0 radical (unpaired) electrons. The molecule has 0 aliphatic carbocycles. The van der Waals surface area contributed by atoms with Gasteiger partial charge in [0.1, 0.15) is 5.69 Å². The highest BCUT2D eigenvalue weighted by Crippen LogP contribution is 2.21. The molecule has 2 N–H and O–H groups in total. The van der Waals surface area contributed by atoms with Crippen molar-refractivity contribution in [2.45, 2.75) is 26.7 Å². The monoisotopic (exact) mass is 382 g/mol. The molecule has 1 saturated heterocycles. The van der Waals surface area contributed by atoms with Crippen LogP contribution in [-0.2, 0) is 0 Å². The fourth-order valence-electron chi connectivity index (χ4n) is 3.07. The summed E-state index contributed by atoms with van der Waals surface area (Å²) in [5.74, 6) is -1.06. The molecule has 1 fully saturated rings. The van der Waals surface area contributed by atoms with Gasteiger partial charge in [-0.05, 0) is 49.4 Å². The number of anilines is 1. The fraction of sp³-hybridized carbons (Fsp3) is 0.350. The van der Waals surface area contributed by atoms with Gasteiger partial charge in [0.05, 0.1) is 12.4 Å². The lowest BCUT2D eigenvalue weighted by Crippen LogP contribution is -2.37. The van der Waals surface area contributed by atoms with E-state index in [1.54, 1.807) is 18.2 Å². The number of piperidine rings is 1. The van der Waals surface area contributed by atoms with Gasteiger partial charge < -0.3 is 15.3 Å². The molecule has 8 nitrogen and oxygen atoms in total. The second-order valence-corrected chi connectivity index (χ2v) is 7.05. The van der Waals surface area contributed by atoms with Crippen LogP contribution < -0.4 is 5.32 Å². The quantitative estimate of drug-likeness (QED) is 0.840. The first-order valence-corrected chi connectivity index (χ1v) is 9.11. The second-order valence-electron chi connectivity index (χ2n) is 7.05. The number of aromatic nitrogens is 2. The van der Waals surface area contributed by atoms with Gasteiger partial charge in [0.2, 0.25) is 0 Å². The molecule has 2 aromatic rings. The Morgan fingerprint density at radius 2 is 1.75 bits per heavy atom. The van der Waals surface area contributed by atoms with Gasteiger partial charge in [-0.1, -0.05) is 6.92 Å². The maximum absolute atomic E-state index is 12.7. The van der Waals surface area contributed by atoms with Crippen LogP contribution in [0.1, 0.15) is 56.7 Å². The first-order valence-electron chi connectivity index (χ1n) is 9.11. The average Bonchev–Trinajstić information content (AvgIpc) is 2.69. The molecule has 146 valence electrons. The third-order valence-corrected chi connectivity index (χ3v) is 4.90. The SMILES string of the molecule is Cc1cc(C(=O)N2CCC(C)CC2)ccc1NC(=O)c1cnc(C(=O)O)cn1. The van der Waals surface area contributed by atoms with Crippen LogP contribution in [0.4, 0.5) is 5.69 Å². The molecule has 1 aromatic heterocycles. The Labute approximate surface area is 162 Å². The smallest absolute Gasteiger partial charge is 0.356 e. The minimum atomic E-state index is -1.21. The zero-order valence-electron chi connectivity index (χ0n) is 15.8. The standard InChI is InChI=1S/C20H22N4O4/c1-12-5-7-24(8-6-12)19(26)14-3-4-15(13(2)9-14)23-18(25)16-10-22-17(11-21-16)20(27)28/h3-4,9-12H,5-8H2,1-2H3,(H,23,25)(H,27,28). The molecule has 2 heterocycles. The molecule has 3 rings (SSSR count). The number of benzene rings is 1. The Kier molecular flexibility index (Phi) is 5.67. The van der Waals surface area contributed by atoms with E-state index in [2.05, 4.69) is 22.2 Å². The molecular weight excluding hydrogens is 360 g/mol. The van der Waals surface area contributed by atoms with E-state index in [1.165, 1.54) is 0 Å². The number of amides is 2. The van der Waals surface area contributed by atoms with Crippen LogP contribution in [0.2, 0.25) is 0 Å². The molecule has 0 saturated carbocycles. The summed E-state index contributed by atoms with van der Waals surface area (Å²) in [5.41, 5.74) is 1.67. The molecule has 1 aromatic carbocycles. The van der Waals surface area contributed by atoms with E-state index in [0.29, 0.717) is 17.2 Å². The van der Waals surface area contributed by atoms with E-state index in [-0.39, 0.29) is 17.3 Å². The van der Waals surface area contributed by atoms with Gasteiger partial charge in [-0.2, -0.15) is 0 Å². The van der Waals surface area contributed by atoms with Crippen LogP contribution in [0.5, 0.6) is 0 Å². The van der Waals surface area contributed by atoms with Crippen LogP contribution >= 0.6 is 0 Å². The maximum atomic E-state index is 12.7. The van der Waals surface area contributed by atoms with Gasteiger partial charge in [-0.25, -0.2) is 14.8 Å². The third kappa shape index (κ3) is 4.33. The predicted molar refractivity (Wildman–Crippen MR) is 102 cm³/mol. The second kappa shape index (κ2) is 8.16. The number of likely N-dealkylation sites (tertiary alicyclic amines) is 1. The molecule has 1 aliphatic rings. The van der Waals surface area contributed by atoms with E-state index in [1.807, 2.05) is 11.8 Å². The first-order chi connectivity index (χ1) is 13.3. The van der Waals surface area contributed by atoms with Crippen molar-refractivity contribution in [1.29, 1.82) is 0 Å². The number of aryl methyl sites for hydroxylation is 1. The van der Waals surface area contributed by atoms with Gasteiger partial charge in [0.25, 0.3) is 11.8 Å². The van der Waals surface area contributed by atoms with Crippen molar-refractivity contribution in [3.8, 4) is 0 Å². The largest absolute Gasteiger partial charge is 0.476 e. The predicted octanol–water partition coefficient (Wildman–Crippen LogP) is 2.61. The fourth-order valence-corrected chi connectivity index (χ4v) is 3.07. The molecule has 0 bridgehead atoms. The van der Waals surface area contributed by atoms with Gasteiger partial charge >= 0.3 is 5.97 Å². The van der Waals surface area contributed by atoms with E-state index >= 15 is 0 Å². The van der Waals surface area contributed by atoms with Crippen molar-refractivity contribution in [3.05, 3.63) is 53.1 Å². The van der Waals surface area contributed by atoms with Crippen LogP contribution in [0.15, 0.2) is 30.6 Å². The number of hydrogen-bond donors (Lipinski definition) is 2. The average molecular weight is 382 g/mol. The summed E-state index contributed by atoms with van der Waals surface area (Å²) in [6.07, 6.45) is 4.18. The van der Waals surface area contributed by atoms with E-state index < -0.39 is 11.9 Å². The highest BCUT2D eigenvalue weighted by molar-refractivity contribution is 6.03. The van der Waals surface area contributed by atoms with Crippen molar-refractivity contribution in [2.24, 2.45) is 5.92 Å². The summed E-state index contributed by atoms with van der Waals surface area (Å²) in [7, 11) is 0. The van der Waals surface area contributed by atoms with Gasteiger partial charge in [-0.15, -0.1) is 0 Å². The van der Waals surface area contributed by atoms with E-state index in [0.717, 1.165) is 43.9 Å². The number of hydrogen-bond acceptors (Lipinski definition) is 5. The minimum absolute atomic E-state index is 0.00278. The van der Waals surface area contributed by atoms with Crippen molar-refractivity contribution in [2.75, 3.05) is 18.4 Å². The first kappa shape index (κ1) is 19.5. The highest BCUT2D eigenvalue weighted by Gasteiger charge is 2.22. The van der Waals surface area contributed by atoms with Crippen molar-refractivity contribution in [3.63, 3.8) is 0 Å². The number of carbonyl (C=O) groups excluding carboxylic acids is 2. The van der Waals surface area contributed by atoms with Gasteiger partial charge in [0, 0.05) is 24.3 Å². The summed E-state index contributed by atoms with van der Waals surface area (Å²) in [6.45, 7) is 5.54. The Hall–Kier alpha value is -3.29. The number of carboxylic acids is 1. The Balaban J connectivity index is 1.69. The van der Waals surface area contributed by atoms with Gasteiger partial charge in [0.15, 0.2) is 5.69 Å². The highest BCUT2D eigenvalue weighted by atomic mass is 16.4. The molecule has 0 atom stereocenters. The lowest BCUT2D eigenvalue weighted by molar-refractivity contribution is 0.0683. The Bertz CT molecular complexity index is 903. The number of carbonyl (C=O) groups is 3. The van der Waals surface area contributed by atoms with Crippen molar-refractivity contribution in [1.82, 2.24) is 14.9 Å². The molecule has 2 amide bonds. The van der Waals surface area contributed by atoms with Gasteiger partial charge in [-0.3, -0.25) is 9.59 Å². The number of nitrogens with one attached hydrogen (secondary N) is 1. The van der Waals surface area contributed by atoms with Crippen LogP contribution in [0.25, 0.3) is 0 Å². The Morgan fingerprint density at radius 1 is 1.11 bits per heavy atom. The summed E-state index contributed by atoms with van der Waals surface area (Å²) in [5, 5.41) is 11.5. The normalized spacial score (nSPS) is 14.6. The lowest BCUT2D eigenvalue weighted by atomic mass is 9.98. The van der Waals surface area contributed by atoms with E-state index in [4.69, 9.17) is 5.11 Å². The number of carboxylic acid groups (broad SMARTS) is 1. The summed E-state index contributed by atoms with van der Waals surface area (Å²) >= 11 is 0. The summed E-state index contributed by atoms with van der Waals surface area (Å²) in [6, 6.07) is 5.14. The zero-order valence-corrected chi connectivity index (χ0v) is 15.8. The van der Waals surface area contributed by atoms with Crippen molar-refractivity contribution < 1.29 is 19.5 Å². The third-order valence-electron chi connectivity index (χ3n) is 4.90. The number of aromatic carboxylic acids is 1. The van der Waals surface area contributed by atoms with Crippen LogP contribution in [0.3, 0.4) is 0 Å². The molecule has 28 heavy (non-hydrogen) atoms. The van der Waals surface area contributed by atoms with Crippen molar-refractivity contribution >= 4 is 23.5 Å². The number of rotatable bonds is 4.